The summed E-state index contributed by atoms with van der Waals surface area (Å²) in [5, 5.41) is 9.63. The van der Waals surface area contributed by atoms with Gasteiger partial charge in [0.05, 0.1) is 16.7 Å². The van der Waals surface area contributed by atoms with Crippen molar-refractivity contribution in [1.29, 1.82) is 0 Å². The molecular weight excluding hydrogens is 364 g/mol. The fraction of sp³-hybridized carbons (Fsp3) is 0.550. The average molecular weight is 391 g/mol. The normalized spacial score (nSPS) is 23.5. The van der Waals surface area contributed by atoms with E-state index in [9.17, 15) is 13.5 Å². The molecule has 2 aliphatic rings. The highest BCUT2D eigenvalue weighted by molar-refractivity contribution is 7.89. The van der Waals surface area contributed by atoms with Crippen LogP contribution in [0.5, 0.6) is 0 Å². The number of hydrogen-bond acceptors (Lipinski definition) is 5. The van der Waals surface area contributed by atoms with E-state index in [1.165, 1.54) is 0 Å². The van der Waals surface area contributed by atoms with Gasteiger partial charge in [0.15, 0.2) is 11.7 Å². The summed E-state index contributed by atoms with van der Waals surface area (Å²) >= 11 is 0. The zero-order valence-corrected chi connectivity index (χ0v) is 16.6. The van der Waals surface area contributed by atoms with Gasteiger partial charge in [-0.15, -0.1) is 0 Å². The van der Waals surface area contributed by atoms with Crippen LogP contribution in [0.25, 0.3) is 11.3 Å². The summed E-state index contributed by atoms with van der Waals surface area (Å²) in [6.45, 7) is 3.69. The summed E-state index contributed by atoms with van der Waals surface area (Å²) < 4.78 is 34.7. The van der Waals surface area contributed by atoms with Gasteiger partial charge in [-0.3, -0.25) is 0 Å². The van der Waals surface area contributed by atoms with E-state index in [2.05, 4.69) is 9.71 Å². The van der Waals surface area contributed by atoms with E-state index in [0.717, 1.165) is 30.0 Å². The molecule has 1 aromatic carbocycles. The molecule has 2 N–H and O–H groups in total. The third-order valence-electron chi connectivity index (χ3n) is 5.50. The third kappa shape index (κ3) is 3.95. The second-order valence-corrected chi connectivity index (χ2v) is 9.53. The van der Waals surface area contributed by atoms with E-state index in [1.807, 2.05) is 19.1 Å². The van der Waals surface area contributed by atoms with Gasteiger partial charge in [-0.2, -0.15) is 0 Å². The Morgan fingerprint density at radius 1 is 1.11 bits per heavy atom. The number of aromatic nitrogens is 1. The molecule has 0 saturated heterocycles. The van der Waals surface area contributed by atoms with Gasteiger partial charge < -0.3 is 9.52 Å². The van der Waals surface area contributed by atoms with Crippen LogP contribution in [-0.4, -0.2) is 30.7 Å². The van der Waals surface area contributed by atoms with Crippen molar-refractivity contribution in [2.75, 3.05) is 0 Å². The van der Waals surface area contributed by atoms with Gasteiger partial charge in [0.1, 0.15) is 0 Å². The molecular formula is C20H26N2O4S. The van der Waals surface area contributed by atoms with Crippen molar-refractivity contribution >= 4 is 10.0 Å². The number of aryl methyl sites for hydroxylation is 2. The van der Waals surface area contributed by atoms with Crippen LogP contribution < -0.4 is 4.72 Å². The van der Waals surface area contributed by atoms with Crippen LogP contribution in [0.15, 0.2) is 27.5 Å². The monoisotopic (exact) mass is 390 g/mol. The molecule has 0 atom stereocenters. The number of nitrogens with one attached hydrogen (secondary N) is 1. The summed E-state index contributed by atoms with van der Waals surface area (Å²) in [4.78, 5) is 4.78. The molecule has 0 unspecified atom stereocenters. The van der Waals surface area contributed by atoms with Gasteiger partial charge >= 0.3 is 0 Å². The summed E-state index contributed by atoms with van der Waals surface area (Å²) in [5.41, 5.74) is 2.22. The van der Waals surface area contributed by atoms with Gasteiger partial charge in [-0.25, -0.2) is 18.1 Å². The SMILES string of the molecule is Cc1ccc(-c2oc(C3CC3)nc2C)cc1S(=O)(=O)NC1CCC(O)CC1. The molecule has 0 amide bonds. The molecule has 0 spiro atoms. The van der Waals surface area contributed by atoms with Crippen molar-refractivity contribution in [2.24, 2.45) is 0 Å². The Kier molecular flexibility index (Phi) is 4.86. The molecule has 2 aromatic rings. The first-order chi connectivity index (χ1) is 12.8. The van der Waals surface area contributed by atoms with Crippen molar-refractivity contribution in [2.45, 2.75) is 75.3 Å². The number of benzene rings is 1. The molecule has 2 saturated carbocycles. The first-order valence-corrected chi connectivity index (χ1v) is 11.1. The van der Waals surface area contributed by atoms with Crippen LogP contribution in [0.1, 0.15) is 61.6 Å². The quantitative estimate of drug-likeness (QED) is 0.816. The predicted molar refractivity (Wildman–Crippen MR) is 102 cm³/mol. The molecule has 1 heterocycles. The van der Waals surface area contributed by atoms with Crippen LogP contribution in [0.4, 0.5) is 0 Å². The minimum atomic E-state index is -3.64. The average Bonchev–Trinajstić information content (AvgIpc) is 3.40. The van der Waals surface area contributed by atoms with Crippen LogP contribution in [-0.2, 0) is 10.0 Å². The summed E-state index contributed by atoms with van der Waals surface area (Å²) in [6.07, 6.45) is 4.47. The Hall–Kier alpha value is -1.70. The van der Waals surface area contributed by atoms with Crippen molar-refractivity contribution < 1.29 is 17.9 Å². The lowest BCUT2D eigenvalue weighted by Crippen LogP contribution is -2.38. The van der Waals surface area contributed by atoms with Crippen molar-refractivity contribution in [3.8, 4) is 11.3 Å². The summed E-state index contributed by atoms with van der Waals surface area (Å²) in [7, 11) is -3.64. The molecule has 1 aromatic heterocycles. The fourth-order valence-electron chi connectivity index (χ4n) is 3.70. The third-order valence-corrected chi connectivity index (χ3v) is 7.16. The number of aliphatic hydroxyl groups is 1. The van der Waals surface area contributed by atoms with E-state index in [4.69, 9.17) is 4.42 Å². The zero-order chi connectivity index (χ0) is 19.2. The highest BCUT2D eigenvalue weighted by Crippen LogP contribution is 2.41. The maximum atomic E-state index is 13.0. The lowest BCUT2D eigenvalue weighted by Gasteiger charge is -2.26. The number of rotatable bonds is 5. The van der Waals surface area contributed by atoms with Crippen LogP contribution >= 0.6 is 0 Å². The van der Waals surface area contributed by atoms with E-state index < -0.39 is 10.0 Å². The van der Waals surface area contributed by atoms with Gasteiger partial charge in [0, 0.05) is 17.5 Å². The molecule has 4 rings (SSSR count). The van der Waals surface area contributed by atoms with Gasteiger partial charge in [0.2, 0.25) is 10.0 Å². The first-order valence-electron chi connectivity index (χ1n) is 9.62. The lowest BCUT2D eigenvalue weighted by atomic mass is 9.94. The molecule has 0 radical (unpaired) electrons. The molecule has 6 nitrogen and oxygen atoms in total. The molecule has 27 heavy (non-hydrogen) atoms. The van der Waals surface area contributed by atoms with Crippen LogP contribution in [0, 0.1) is 13.8 Å². The molecule has 2 fully saturated rings. The summed E-state index contributed by atoms with van der Waals surface area (Å²) in [6, 6.07) is 5.25. The lowest BCUT2D eigenvalue weighted by molar-refractivity contribution is 0.120. The van der Waals surface area contributed by atoms with E-state index in [1.54, 1.807) is 13.0 Å². The minimum Gasteiger partial charge on any atom is -0.440 e. The summed E-state index contributed by atoms with van der Waals surface area (Å²) in [5.74, 6) is 1.81. The van der Waals surface area contributed by atoms with E-state index >= 15 is 0 Å². The maximum absolute atomic E-state index is 13.0. The Labute approximate surface area is 160 Å². The maximum Gasteiger partial charge on any atom is 0.241 e. The smallest absolute Gasteiger partial charge is 0.241 e. The molecule has 2 aliphatic carbocycles. The first kappa shape index (κ1) is 18.7. The molecule has 0 aliphatic heterocycles. The Morgan fingerprint density at radius 2 is 1.81 bits per heavy atom. The van der Waals surface area contributed by atoms with Gasteiger partial charge in [-0.1, -0.05) is 12.1 Å². The van der Waals surface area contributed by atoms with Gasteiger partial charge in [0.25, 0.3) is 0 Å². The predicted octanol–water partition coefficient (Wildman–Crippen LogP) is 3.42. The topological polar surface area (TPSA) is 92.4 Å². The molecule has 0 bridgehead atoms. The van der Waals surface area contributed by atoms with Gasteiger partial charge in [-0.05, 0) is 64.0 Å². The zero-order valence-electron chi connectivity index (χ0n) is 15.7. The van der Waals surface area contributed by atoms with Crippen LogP contribution in [0.2, 0.25) is 0 Å². The minimum absolute atomic E-state index is 0.130. The Balaban J connectivity index is 1.62. The van der Waals surface area contributed by atoms with Crippen molar-refractivity contribution in [3.05, 3.63) is 35.3 Å². The second-order valence-electron chi connectivity index (χ2n) is 7.85. The van der Waals surface area contributed by atoms with E-state index in [-0.39, 0.29) is 17.0 Å². The molecule has 146 valence electrons. The number of oxazole rings is 1. The standard InChI is InChI=1S/C20H26N2O4S/c1-12-3-4-15(19-13(2)21-20(26-19)14-5-6-14)11-18(12)27(24,25)22-16-7-9-17(23)10-8-16/h3-4,11,14,16-17,22-23H,5-10H2,1-2H3. The number of hydrogen-bond donors (Lipinski definition) is 2. The highest BCUT2D eigenvalue weighted by Gasteiger charge is 2.30. The van der Waals surface area contributed by atoms with Crippen molar-refractivity contribution in [1.82, 2.24) is 9.71 Å². The second kappa shape index (κ2) is 7.04. The highest BCUT2D eigenvalue weighted by atomic mass is 32.2. The largest absolute Gasteiger partial charge is 0.440 e. The van der Waals surface area contributed by atoms with E-state index in [0.29, 0.717) is 42.9 Å². The Bertz CT molecular complexity index is 939. The van der Waals surface area contributed by atoms with Crippen molar-refractivity contribution in [3.63, 3.8) is 0 Å². The number of nitrogens with zero attached hydrogens (tertiary/aromatic N) is 1. The fourth-order valence-corrected chi connectivity index (χ4v) is 5.27. The Morgan fingerprint density at radius 3 is 2.48 bits per heavy atom. The van der Waals surface area contributed by atoms with Crippen LogP contribution in [0.3, 0.4) is 0 Å². The number of aliphatic hydroxyl groups excluding tert-OH is 1. The number of sulfonamides is 1. The molecule has 7 heteroatoms.